The minimum Gasteiger partial charge on any atom is -0.308 e. The summed E-state index contributed by atoms with van der Waals surface area (Å²) in [5.41, 5.74) is -0.603. The maximum Gasteiger partial charge on any atom is 0.433 e. The van der Waals surface area contributed by atoms with E-state index in [9.17, 15) is 22.8 Å². The molecule has 1 aromatic heterocycles. The zero-order valence-electron chi connectivity index (χ0n) is 12.9. The number of carbonyl (C=O) groups is 2. The Balaban J connectivity index is 1.93. The number of aromatic nitrogens is 2. The second-order valence-electron chi connectivity index (χ2n) is 4.79. The predicted molar refractivity (Wildman–Crippen MR) is 86.0 cm³/mol. The maximum atomic E-state index is 12.6. The molecule has 0 aliphatic heterocycles. The van der Waals surface area contributed by atoms with Crippen LogP contribution in [0.1, 0.15) is 12.6 Å². The number of anilines is 1. The summed E-state index contributed by atoms with van der Waals surface area (Å²) < 4.78 is 37.8. The van der Waals surface area contributed by atoms with Crippen LogP contribution in [-0.4, -0.2) is 27.2 Å². The third kappa shape index (κ3) is 5.75. The van der Waals surface area contributed by atoms with E-state index >= 15 is 0 Å². The molecule has 0 bridgehead atoms. The van der Waals surface area contributed by atoms with Crippen LogP contribution >= 0.6 is 11.8 Å². The number of hydrogen-bond donors (Lipinski definition) is 2. The smallest absolute Gasteiger partial charge is 0.308 e. The Bertz CT molecular complexity index is 756. The first-order chi connectivity index (χ1) is 11.8. The molecule has 1 atom stereocenters. The molecule has 132 valence electrons. The molecule has 1 aromatic carbocycles. The maximum absolute atomic E-state index is 12.6. The van der Waals surface area contributed by atoms with Gasteiger partial charge < -0.3 is 5.32 Å². The summed E-state index contributed by atoms with van der Waals surface area (Å²) in [4.78, 5) is 30.7. The van der Waals surface area contributed by atoms with Gasteiger partial charge in [0.15, 0.2) is 5.16 Å². The number of nitrogens with one attached hydrogen (secondary N) is 2. The second kappa shape index (κ2) is 7.97. The second-order valence-corrected chi connectivity index (χ2v) is 6.10. The number of imide groups is 1. The largest absolute Gasteiger partial charge is 0.433 e. The van der Waals surface area contributed by atoms with Crippen LogP contribution in [0.3, 0.4) is 0 Å². The number of urea groups is 1. The minimum atomic E-state index is -4.60. The highest BCUT2D eigenvalue weighted by Gasteiger charge is 2.33. The van der Waals surface area contributed by atoms with Gasteiger partial charge in [-0.05, 0) is 25.1 Å². The highest BCUT2D eigenvalue weighted by atomic mass is 32.2. The third-order valence-corrected chi connectivity index (χ3v) is 3.82. The Hall–Kier alpha value is -2.62. The van der Waals surface area contributed by atoms with Crippen LogP contribution in [0.5, 0.6) is 0 Å². The van der Waals surface area contributed by atoms with Crippen molar-refractivity contribution in [3.05, 3.63) is 48.3 Å². The minimum absolute atomic E-state index is 0.207. The van der Waals surface area contributed by atoms with Crippen molar-refractivity contribution in [3.63, 3.8) is 0 Å². The standard InChI is InChI=1S/C15H13F3N4O2S/c1-9(25-14-19-8-7-11(21-14)15(16,17)18)12(23)22-13(24)20-10-5-3-2-4-6-10/h2-9H,1H3,(H2,20,22,23,24). The van der Waals surface area contributed by atoms with Crippen molar-refractivity contribution in [2.24, 2.45) is 0 Å². The van der Waals surface area contributed by atoms with Crippen molar-refractivity contribution in [2.45, 2.75) is 23.5 Å². The van der Waals surface area contributed by atoms with Gasteiger partial charge in [-0.1, -0.05) is 30.0 Å². The van der Waals surface area contributed by atoms with Crippen molar-refractivity contribution < 1.29 is 22.8 Å². The Labute approximate surface area is 145 Å². The van der Waals surface area contributed by atoms with Crippen LogP contribution in [0.25, 0.3) is 0 Å². The first kappa shape index (κ1) is 18.7. The Morgan fingerprint density at radius 2 is 1.84 bits per heavy atom. The van der Waals surface area contributed by atoms with Gasteiger partial charge in [0, 0.05) is 11.9 Å². The fourth-order valence-electron chi connectivity index (χ4n) is 1.66. The van der Waals surface area contributed by atoms with E-state index < -0.39 is 29.1 Å². The van der Waals surface area contributed by atoms with Crippen molar-refractivity contribution in [3.8, 4) is 0 Å². The molecule has 1 heterocycles. The zero-order valence-corrected chi connectivity index (χ0v) is 13.7. The van der Waals surface area contributed by atoms with E-state index in [1.807, 2.05) is 0 Å². The average Bonchev–Trinajstić information content (AvgIpc) is 2.55. The SMILES string of the molecule is CC(Sc1nccc(C(F)(F)F)n1)C(=O)NC(=O)Nc1ccccc1. The fourth-order valence-corrected chi connectivity index (χ4v) is 2.42. The number of benzene rings is 1. The van der Waals surface area contributed by atoms with Crippen molar-refractivity contribution in [2.75, 3.05) is 5.32 Å². The molecule has 3 amide bonds. The van der Waals surface area contributed by atoms with E-state index in [1.54, 1.807) is 30.3 Å². The summed E-state index contributed by atoms with van der Waals surface area (Å²) in [6.45, 7) is 1.43. The monoisotopic (exact) mass is 370 g/mol. The lowest BCUT2D eigenvalue weighted by molar-refractivity contribution is -0.141. The lowest BCUT2D eigenvalue weighted by atomic mass is 10.3. The number of alkyl halides is 3. The van der Waals surface area contributed by atoms with Gasteiger partial charge in [-0.25, -0.2) is 14.8 Å². The van der Waals surface area contributed by atoms with Gasteiger partial charge >= 0.3 is 12.2 Å². The molecule has 25 heavy (non-hydrogen) atoms. The molecule has 2 N–H and O–H groups in total. The molecule has 0 radical (unpaired) electrons. The number of amides is 3. The zero-order chi connectivity index (χ0) is 18.4. The van der Waals surface area contributed by atoms with E-state index in [4.69, 9.17) is 0 Å². The number of rotatable bonds is 4. The van der Waals surface area contributed by atoms with Gasteiger partial charge in [0.2, 0.25) is 5.91 Å². The predicted octanol–water partition coefficient (Wildman–Crippen LogP) is 3.32. The lowest BCUT2D eigenvalue weighted by Crippen LogP contribution is -2.38. The van der Waals surface area contributed by atoms with E-state index in [0.29, 0.717) is 17.4 Å². The number of thioether (sulfide) groups is 1. The number of halogens is 3. The summed E-state index contributed by atoms with van der Waals surface area (Å²) in [7, 11) is 0. The first-order valence-corrected chi connectivity index (χ1v) is 7.87. The molecule has 0 spiro atoms. The third-order valence-electron chi connectivity index (χ3n) is 2.84. The number of carbonyl (C=O) groups excluding carboxylic acids is 2. The Morgan fingerprint density at radius 1 is 1.16 bits per heavy atom. The van der Waals surface area contributed by atoms with Crippen LogP contribution in [-0.2, 0) is 11.0 Å². The highest BCUT2D eigenvalue weighted by Crippen LogP contribution is 2.29. The lowest BCUT2D eigenvalue weighted by Gasteiger charge is -2.12. The summed E-state index contributed by atoms with van der Waals surface area (Å²) in [6.07, 6.45) is -3.63. The summed E-state index contributed by atoms with van der Waals surface area (Å²) >= 11 is 0.716. The van der Waals surface area contributed by atoms with Crippen LogP contribution in [0.4, 0.5) is 23.7 Å². The van der Waals surface area contributed by atoms with Gasteiger partial charge in [-0.3, -0.25) is 10.1 Å². The molecule has 10 heteroatoms. The molecule has 2 rings (SSSR count). The summed E-state index contributed by atoms with van der Waals surface area (Å²) in [6, 6.07) is 8.46. The number of hydrogen-bond acceptors (Lipinski definition) is 5. The molecular formula is C15H13F3N4O2S. The fraction of sp³-hybridized carbons (Fsp3) is 0.200. The Kier molecular flexibility index (Phi) is 5.97. The van der Waals surface area contributed by atoms with Gasteiger partial charge in [0.1, 0.15) is 5.69 Å². The molecule has 0 aliphatic carbocycles. The van der Waals surface area contributed by atoms with Crippen molar-refractivity contribution in [1.82, 2.24) is 15.3 Å². The van der Waals surface area contributed by atoms with Crippen LogP contribution in [0, 0.1) is 0 Å². The van der Waals surface area contributed by atoms with Gasteiger partial charge in [-0.15, -0.1) is 0 Å². The molecule has 6 nitrogen and oxygen atoms in total. The quantitative estimate of drug-likeness (QED) is 0.637. The molecule has 1 unspecified atom stereocenters. The molecule has 2 aromatic rings. The summed E-state index contributed by atoms with van der Waals surface area (Å²) in [5.74, 6) is -0.681. The van der Waals surface area contributed by atoms with Crippen LogP contribution < -0.4 is 10.6 Å². The van der Waals surface area contributed by atoms with E-state index in [0.717, 1.165) is 12.3 Å². The number of para-hydroxylation sites is 1. The molecular weight excluding hydrogens is 357 g/mol. The van der Waals surface area contributed by atoms with Gasteiger partial charge in [-0.2, -0.15) is 13.2 Å². The molecule has 0 aliphatic rings. The summed E-state index contributed by atoms with van der Waals surface area (Å²) in [5, 5.41) is 3.49. The van der Waals surface area contributed by atoms with E-state index in [2.05, 4.69) is 20.6 Å². The van der Waals surface area contributed by atoms with E-state index in [1.165, 1.54) is 6.92 Å². The van der Waals surface area contributed by atoms with Gasteiger partial charge in [0.05, 0.1) is 5.25 Å². The number of nitrogens with zero attached hydrogens (tertiary/aromatic N) is 2. The van der Waals surface area contributed by atoms with Crippen molar-refractivity contribution >= 4 is 29.4 Å². The Morgan fingerprint density at radius 3 is 2.48 bits per heavy atom. The average molecular weight is 370 g/mol. The molecule has 0 fully saturated rings. The first-order valence-electron chi connectivity index (χ1n) is 6.99. The highest BCUT2D eigenvalue weighted by molar-refractivity contribution is 8.00. The topological polar surface area (TPSA) is 84.0 Å². The van der Waals surface area contributed by atoms with Crippen LogP contribution in [0.2, 0.25) is 0 Å². The molecule has 0 saturated heterocycles. The molecule has 0 saturated carbocycles. The van der Waals surface area contributed by atoms with Crippen LogP contribution in [0.15, 0.2) is 47.8 Å². The normalized spacial score (nSPS) is 12.3. The van der Waals surface area contributed by atoms with Crippen molar-refractivity contribution in [1.29, 1.82) is 0 Å². The van der Waals surface area contributed by atoms with E-state index in [-0.39, 0.29) is 5.16 Å². The van der Waals surface area contributed by atoms with Gasteiger partial charge in [0.25, 0.3) is 0 Å².